The fourth-order valence-corrected chi connectivity index (χ4v) is 1.64. The Morgan fingerprint density at radius 1 is 1.61 bits per heavy atom. The molecule has 0 heterocycles. The van der Waals surface area contributed by atoms with Crippen molar-refractivity contribution in [3.8, 4) is 0 Å². The van der Waals surface area contributed by atoms with E-state index >= 15 is 0 Å². The van der Waals surface area contributed by atoms with Crippen molar-refractivity contribution in [1.82, 2.24) is 0 Å². The number of rotatable bonds is 6. The zero-order valence-electron chi connectivity index (χ0n) is 10.1. The average molecular weight is 277 g/mol. The number of nitro benzene ring substituents is 1. The zero-order valence-corrected chi connectivity index (χ0v) is 10.8. The predicted octanol–water partition coefficient (Wildman–Crippen LogP) is 3.22. The van der Waals surface area contributed by atoms with Crippen LogP contribution in [-0.2, 0) is 4.74 Å². The first-order chi connectivity index (χ1) is 8.49. The third kappa shape index (κ3) is 3.54. The molecule has 7 heteroatoms. The van der Waals surface area contributed by atoms with Crippen LogP contribution in [0.5, 0.6) is 0 Å². The van der Waals surface area contributed by atoms with Crippen LogP contribution in [0.1, 0.15) is 13.3 Å². The molecule has 0 aliphatic carbocycles. The summed E-state index contributed by atoms with van der Waals surface area (Å²) >= 11 is 5.53. The third-order valence-electron chi connectivity index (χ3n) is 2.46. The van der Waals surface area contributed by atoms with Crippen molar-refractivity contribution in [2.24, 2.45) is 0 Å². The number of benzene rings is 1. The van der Waals surface area contributed by atoms with Gasteiger partial charge in [-0.25, -0.2) is 4.39 Å². The highest BCUT2D eigenvalue weighted by molar-refractivity contribution is 6.31. The lowest BCUT2D eigenvalue weighted by molar-refractivity contribution is -0.384. The number of hydrogen-bond donors (Lipinski definition) is 1. The molecule has 0 spiro atoms. The topological polar surface area (TPSA) is 64.4 Å². The molecular formula is C11H14ClFN2O3. The average Bonchev–Trinajstić information content (AvgIpc) is 2.32. The molecule has 1 aromatic rings. The maximum atomic E-state index is 13.3. The van der Waals surface area contributed by atoms with Crippen molar-refractivity contribution < 1.29 is 14.1 Å². The molecule has 1 N–H and O–H groups in total. The molecule has 0 saturated carbocycles. The van der Waals surface area contributed by atoms with Crippen molar-refractivity contribution in [2.45, 2.75) is 19.4 Å². The number of methoxy groups -OCH3 is 1. The van der Waals surface area contributed by atoms with E-state index in [2.05, 4.69) is 5.32 Å². The van der Waals surface area contributed by atoms with E-state index in [4.69, 9.17) is 16.3 Å². The molecule has 0 radical (unpaired) electrons. The first-order valence-corrected chi connectivity index (χ1v) is 5.76. The minimum atomic E-state index is -0.697. The lowest BCUT2D eigenvalue weighted by atomic mass is 10.2. The number of ether oxygens (including phenoxy) is 1. The Hall–Kier alpha value is -1.40. The van der Waals surface area contributed by atoms with Crippen LogP contribution in [0.15, 0.2) is 12.1 Å². The number of hydrogen-bond acceptors (Lipinski definition) is 4. The Labute approximate surface area is 109 Å². The molecule has 1 rings (SSSR count). The highest BCUT2D eigenvalue weighted by Crippen LogP contribution is 2.31. The summed E-state index contributed by atoms with van der Waals surface area (Å²) < 4.78 is 18.3. The molecule has 0 saturated heterocycles. The van der Waals surface area contributed by atoms with E-state index in [0.29, 0.717) is 13.0 Å². The fraction of sp³-hybridized carbons (Fsp3) is 0.455. The van der Waals surface area contributed by atoms with E-state index in [1.165, 1.54) is 7.11 Å². The number of nitro groups is 1. The number of nitrogens with one attached hydrogen (secondary N) is 1. The number of nitrogens with zero attached hydrogens (tertiary/aromatic N) is 1. The molecule has 0 amide bonds. The molecule has 100 valence electrons. The lowest BCUT2D eigenvalue weighted by Crippen LogP contribution is -2.24. The molecule has 1 atom stereocenters. The van der Waals surface area contributed by atoms with Gasteiger partial charge in [0.25, 0.3) is 5.69 Å². The summed E-state index contributed by atoms with van der Waals surface area (Å²) in [5, 5.41) is 13.5. The Balaban J connectivity index is 3.06. The van der Waals surface area contributed by atoms with E-state index in [-0.39, 0.29) is 22.4 Å². The molecule has 0 aromatic heterocycles. The van der Waals surface area contributed by atoms with Crippen LogP contribution in [0.3, 0.4) is 0 Å². The molecule has 0 aliphatic heterocycles. The number of anilines is 1. The van der Waals surface area contributed by atoms with E-state index in [0.717, 1.165) is 12.1 Å². The van der Waals surface area contributed by atoms with Crippen LogP contribution in [0.4, 0.5) is 15.8 Å². The fourth-order valence-electron chi connectivity index (χ4n) is 1.49. The van der Waals surface area contributed by atoms with Gasteiger partial charge in [-0.3, -0.25) is 10.1 Å². The summed E-state index contributed by atoms with van der Waals surface area (Å²) in [6.45, 7) is 2.27. The van der Waals surface area contributed by atoms with Crippen molar-refractivity contribution in [2.75, 3.05) is 19.0 Å². The summed E-state index contributed by atoms with van der Waals surface area (Å²) in [5.41, 5.74) is -0.151. The van der Waals surface area contributed by atoms with Crippen LogP contribution in [0.25, 0.3) is 0 Å². The maximum Gasteiger partial charge on any atom is 0.294 e. The monoisotopic (exact) mass is 276 g/mol. The lowest BCUT2D eigenvalue weighted by Gasteiger charge is -2.17. The van der Waals surface area contributed by atoms with Gasteiger partial charge in [0.15, 0.2) is 0 Å². The zero-order chi connectivity index (χ0) is 13.7. The Bertz CT molecular complexity index is 443. The summed E-state index contributed by atoms with van der Waals surface area (Å²) in [5.74, 6) is -0.697. The van der Waals surface area contributed by atoms with Gasteiger partial charge in [0.1, 0.15) is 11.5 Å². The first-order valence-electron chi connectivity index (χ1n) is 5.38. The molecule has 5 nitrogen and oxygen atoms in total. The van der Waals surface area contributed by atoms with E-state index in [9.17, 15) is 14.5 Å². The van der Waals surface area contributed by atoms with E-state index < -0.39 is 10.7 Å². The summed E-state index contributed by atoms with van der Waals surface area (Å²) in [6.07, 6.45) is 0.690. The standard InChI is InChI=1S/C11H14ClFN2O3/c1-3-7(6-18-2)14-10-5-9(13)8(12)4-11(10)15(16)17/h4-5,7,14H,3,6H2,1-2H3. The normalized spacial score (nSPS) is 12.2. The van der Waals surface area contributed by atoms with Crippen LogP contribution in [-0.4, -0.2) is 24.7 Å². The Kier molecular flexibility index (Phi) is 5.30. The molecule has 0 fully saturated rings. The largest absolute Gasteiger partial charge is 0.383 e. The minimum absolute atomic E-state index is 0.103. The van der Waals surface area contributed by atoms with Crippen LogP contribution in [0, 0.1) is 15.9 Å². The van der Waals surface area contributed by atoms with E-state index in [1.54, 1.807) is 0 Å². The van der Waals surface area contributed by atoms with Gasteiger partial charge in [-0.2, -0.15) is 0 Å². The van der Waals surface area contributed by atoms with Crippen molar-refractivity contribution in [3.05, 3.63) is 33.1 Å². The third-order valence-corrected chi connectivity index (χ3v) is 2.75. The summed E-state index contributed by atoms with van der Waals surface area (Å²) in [7, 11) is 1.53. The predicted molar refractivity (Wildman–Crippen MR) is 67.6 cm³/mol. The molecule has 1 unspecified atom stereocenters. The second-order valence-electron chi connectivity index (χ2n) is 3.75. The Morgan fingerprint density at radius 2 is 2.28 bits per heavy atom. The quantitative estimate of drug-likeness (QED) is 0.640. The van der Waals surface area contributed by atoms with Crippen molar-refractivity contribution in [3.63, 3.8) is 0 Å². The highest BCUT2D eigenvalue weighted by Gasteiger charge is 2.19. The molecule has 1 aromatic carbocycles. The first kappa shape index (κ1) is 14.7. The van der Waals surface area contributed by atoms with Crippen LogP contribution >= 0.6 is 11.6 Å². The summed E-state index contributed by atoms with van der Waals surface area (Å²) in [6, 6.07) is 1.90. The minimum Gasteiger partial charge on any atom is -0.383 e. The molecule has 0 bridgehead atoms. The van der Waals surface area contributed by atoms with Crippen molar-refractivity contribution in [1.29, 1.82) is 0 Å². The van der Waals surface area contributed by atoms with Crippen LogP contribution in [0.2, 0.25) is 5.02 Å². The molecule has 18 heavy (non-hydrogen) atoms. The van der Waals surface area contributed by atoms with Gasteiger partial charge in [0.05, 0.1) is 16.6 Å². The number of halogens is 2. The Morgan fingerprint density at radius 3 is 2.78 bits per heavy atom. The molecule has 0 aliphatic rings. The smallest absolute Gasteiger partial charge is 0.294 e. The molecular weight excluding hydrogens is 263 g/mol. The van der Waals surface area contributed by atoms with Gasteiger partial charge < -0.3 is 10.1 Å². The van der Waals surface area contributed by atoms with Gasteiger partial charge in [0.2, 0.25) is 0 Å². The summed E-state index contributed by atoms with van der Waals surface area (Å²) in [4.78, 5) is 10.3. The highest BCUT2D eigenvalue weighted by atomic mass is 35.5. The van der Waals surface area contributed by atoms with Gasteiger partial charge in [0, 0.05) is 25.3 Å². The van der Waals surface area contributed by atoms with Crippen LogP contribution < -0.4 is 5.32 Å². The maximum absolute atomic E-state index is 13.3. The van der Waals surface area contributed by atoms with Gasteiger partial charge in [-0.05, 0) is 6.42 Å². The second-order valence-corrected chi connectivity index (χ2v) is 4.15. The van der Waals surface area contributed by atoms with Crippen molar-refractivity contribution >= 4 is 23.0 Å². The van der Waals surface area contributed by atoms with Gasteiger partial charge in [-0.15, -0.1) is 0 Å². The van der Waals surface area contributed by atoms with Gasteiger partial charge in [-0.1, -0.05) is 18.5 Å². The van der Waals surface area contributed by atoms with Gasteiger partial charge >= 0.3 is 0 Å². The van der Waals surface area contributed by atoms with E-state index in [1.807, 2.05) is 6.92 Å². The second kappa shape index (κ2) is 6.51. The SMILES string of the molecule is CCC(COC)Nc1cc(F)c(Cl)cc1[N+](=O)[O-].